The molecule has 4 N–H and O–H groups in total. The van der Waals surface area contributed by atoms with Crippen LogP contribution in [-0.2, 0) is 0 Å². The van der Waals surface area contributed by atoms with Gasteiger partial charge in [-0.3, -0.25) is 9.59 Å². The molecule has 0 atom stereocenters. The molecule has 35 heavy (non-hydrogen) atoms. The Hall–Kier alpha value is -0.400. The molecule has 5 nitrogen and oxygen atoms in total. The van der Waals surface area contributed by atoms with Crippen molar-refractivity contribution >= 4 is 35.7 Å². The van der Waals surface area contributed by atoms with Gasteiger partial charge in [-0.25, -0.2) is 0 Å². The van der Waals surface area contributed by atoms with E-state index in [4.69, 9.17) is 4.79 Å². The zero-order chi connectivity index (χ0) is 27.4. The van der Waals surface area contributed by atoms with Crippen LogP contribution in [0, 0.1) is 0 Å². The number of rotatable bonds is 20. The lowest BCUT2D eigenvalue weighted by Crippen LogP contribution is -2.06. The second-order valence-electron chi connectivity index (χ2n) is 9.01. The van der Waals surface area contributed by atoms with Crippen molar-refractivity contribution in [2.24, 2.45) is 5.73 Å². The maximum atomic E-state index is 9.57. The first kappa shape index (κ1) is 41.7. The van der Waals surface area contributed by atoms with Gasteiger partial charge in [0.25, 0.3) is 10.5 Å². The number of nitrogens with one attached hydrogen (secondary N) is 2. The molecular formula is C28H63N3O2S2. The maximum absolute atomic E-state index is 9.57. The highest BCUT2D eigenvalue weighted by molar-refractivity contribution is 7.96. The number of nitrogens with two attached hydrogens (primary N) is 1. The molecule has 0 aliphatic carbocycles. The van der Waals surface area contributed by atoms with Crippen LogP contribution in [0.1, 0.15) is 149 Å². The molecule has 0 rings (SSSR count). The number of thiol groups is 2. The molecule has 0 aromatic carbocycles. The van der Waals surface area contributed by atoms with Crippen LogP contribution in [0.25, 0.3) is 0 Å². The predicted octanol–water partition coefficient (Wildman–Crippen LogP) is 9.30. The molecule has 0 saturated carbocycles. The third-order valence-electron chi connectivity index (χ3n) is 5.45. The van der Waals surface area contributed by atoms with E-state index in [9.17, 15) is 4.79 Å². The molecule has 0 aromatic heterocycles. The number of amides is 2. The van der Waals surface area contributed by atoms with Crippen LogP contribution in [0.2, 0.25) is 0 Å². The topological polar surface area (TPSA) is 84.2 Å². The molecule has 7 heteroatoms. The van der Waals surface area contributed by atoms with Gasteiger partial charge in [0.05, 0.1) is 0 Å². The number of carbonyl (C=O) groups is 2. The van der Waals surface area contributed by atoms with E-state index in [1.165, 1.54) is 142 Å². The summed E-state index contributed by atoms with van der Waals surface area (Å²) >= 11 is 6.45. The van der Waals surface area contributed by atoms with E-state index in [0.717, 1.165) is 0 Å². The first-order valence-corrected chi connectivity index (χ1v) is 15.3. The molecular weight excluding hydrogens is 474 g/mol. The van der Waals surface area contributed by atoms with Crippen molar-refractivity contribution in [3.05, 3.63) is 0 Å². The summed E-state index contributed by atoms with van der Waals surface area (Å²) in [6.45, 7) is 8.03. The zero-order valence-electron chi connectivity index (χ0n) is 24.1. The lowest BCUT2D eigenvalue weighted by atomic mass is 10.1. The van der Waals surface area contributed by atoms with E-state index in [1.54, 1.807) is 0 Å². The standard InChI is InChI=1S/C13H29N.C12H26.C2H5NOS.CH3NOS/c1-3-4-5-6-7-8-9-10-11-12-13-14-2;1-3-5-7-9-11-12-10-8-6-4-2;1-3-2(4)5;2-1(3)4/h14H,3-13H2,1-2H3;3-12H2,1-2H3;1H3,(H2,3,4,5);(H3,2,3,4). The second-order valence-corrected chi connectivity index (χ2v) is 9.85. The van der Waals surface area contributed by atoms with Crippen molar-refractivity contribution in [1.82, 2.24) is 10.6 Å². The first-order valence-electron chi connectivity index (χ1n) is 14.4. The van der Waals surface area contributed by atoms with Gasteiger partial charge < -0.3 is 16.4 Å². The largest absolute Gasteiger partial charge is 0.361 e. The van der Waals surface area contributed by atoms with E-state index in [-0.39, 0.29) is 5.24 Å². The molecule has 0 aliphatic rings. The van der Waals surface area contributed by atoms with Crippen LogP contribution < -0.4 is 16.4 Å². The van der Waals surface area contributed by atoms with Gasteiger partial charge in [-0.15, -0.1) is 0 Å². The van der Waals surface area contributed by atoms with Crippen LogP contribution in [0.15, 0.2) is 0 Å². The van der Waals surface area contributed by atoms with Gasteiger partial charge in [0.1, 0.15) is 0 Å². The molecule has 0 heterocycles. The lowest BCUT2D eigenvalue weighted by Gasteiger charge is -2.01. The van der Waals surface area contributed by atoms with E-state index >= 15 is 0 Å². The predicted molar refractivity (Wildman–Crippen MR) is 165 cm³/mol. The SMILES string of the molecule is CCCCCCCCCCCC.CCCCCCCCCCCCNC.CNC(=O)S.NC(=O)S. The fraction of sp³-hybridized carbons (Fsp3) is 0.929. The Morgan fingerprint density at radius 2 is 0.743 bits per heavy atom. The second kappa shape index (κ2) is 43.7. The fourth-order valence-corrected chi connectivity index (χ4v) is 3.35. The van der Waals surface area contributed by atoms with Gasteiger partial charge in [-0.05, 0) is 20.0 Å². The normalized spacial score (nSPS) is 9.57. The van der Waals surface area contributed by atoms with Gasteiger partial charge in [-0.1, -0.05) is 168 Å². The van der Waals surface area contributed by atoms with Crippen molar-refractivity contribution in [3.63, 3.8) is 0 Å². The van der Waals surface area contributed by atoms with Gasteiger partial charge in [0.2, 0.25) is 0 Å². The summed E-state index contributed by atoms with van der Waals surface area (Å²) in [5, 5.41) is 4.51. The molecule has 0 radical (unpaired) electrons. The lowest BCUT2D eigenvalue weighted by molar-refractivity contribution is 0.262. The van der Waals surface area contributed by atoms with Gasteiger partial charge in [-0.2, -0.15) is 0 Å². The number of hydrogen-bond acceptors (Lipinski definition) is 3. The zero-order valence-corrected chi connectivity index (χ0v) is 25.9. The summed E-state index contributed by atoms with van der Waals surface area (Å²) in [6.07, 6.45) is 28.7. The monoisotopic (exact) mass is 537 g/mol. The Morgan fingerprint density at radius 3 is 0.914 bits per heavy atom. The molecule has 0 unspecified atom stereocenters. The summed E-state index contributed by atoms with van der Waals surface area (Å²) < 4.78 is 0. The molecule has 0 bridgehead atoms. The average molecular weight is 538 g/mol. The Morgan fingerprint density at radius 1 is 0.543 bits per heavy atom. The summed E-state index contributed by atoms with van der Waals surface area (Å²) in [6, 6.07) is 0. The van der Waals surface area contributed by atoms with Crippen molar-refractivity contribution in [2.45, 2.75) is 149 Å². The van der Waals surface area contributed by atoms with Crippen LogP contribution in [0.3, 0.4) is 0 Å². The minimum atomic E-state index is -0.639. The minimum absolute atomic E-state index is 0.301. The summed E-state index contributed by atoms with van der Waals surface area (Å²) in [7, 11) is 3.56. The van der Waals surface area contributed by atoms with E-state index < -0.39 is 5.24 Å². The van der Waals surface area contributed by atoms with Crippen LogP contribution in [0.5, 0.6) is 0 Å². The maximum Gasteiger partial charge on any atom is 0.275 e. The summed E-state index contributed by atoms with van der Waals surface area (Å²) in [4.78, 5) is 18.7. The van der Waals surface area contributed by atoms with Crippen molar-refractivity contribution in [1.29, 1.82) is 0 Å². The van der Waals surface area contributed by atoms with Gasteiger partial charge >= 0.3 is 0 Å². The Kier molecular flexibility index (Phi) is 52.0. The highest BCUT2D eigenvalue weighted by Gasteiger charge is 1.92. The van der Waals surface area contributed by atoms with Gasteiger partial charge in [0, 0.05) is 7.05 Å². The van der Waals surface area contributed by atoms with E-state index in [1.807, 2.05) is 7.05 Å². The number of hydrogen-bond donors (Lipinski definition) is 5. The quantitative estimate of drug-likeness (QED) is 0.0792. The Labute approximate surface area is 231 Å². The Bertz CT molecular complexity index is 361. The number of primary amides is 1. The number of carbonyl (C=O) groups excluding carboxylic acids is 2. The van der Waals surface area contributed by atoms with Crippen LogP contribution in [-0.4, -0.2) is 31.1 Å². The smallest absolute Gasteiger partial charge is 0.275 e. The molecule has 0 spiro atoms. The molecule has 2 amide bonds. The van der Waals surface area contributed by atoms with Crippen molar-refractivity contribution < 1.29 is 9.59 Å². The number of unbranched alkanes of at least 4 members (excludes halogenated alkanes) is 18. The molecule has 0 fully saturated rings. The molecule has 214 valence electrons. The van der Waals surface area contributed by atoms with E-state index in [0.29, 0.717) is 0 Å². The van der Waals surface area contributed by atoms with Crippen LogP contribution in [0.4, 0.5) is 9.59 Å². The van der Waals surface area contributed by atoms with Crippen molar-refractivity contribution in [3.8, 4) is 0 Å². The average Bonchev–Trinajstić information content (AvgIpc) is 2.82. The molecule has 0 aliphatic heterocycles. The fourth-order valence-electron chi connectivity index (χ4n) is 3.35. The van der Waals surface area contributed by atoms with E-state index in [2.05, 4.69) is 62.4 Å². The van der Waals surface area contributed by atoms with Crippen molar-refractivity contribution in [2.75, 3.05) is 20.6 Å². The third-order valence-corrected chi connectivity index (χ3v) is 5.67. The Balaban J connectivity index is -0.000000206. The summed E-state index contributed by atoms with van der Waals surface area (Å²) in [5.41, 5.74) is 4.34. The third kappa shape index (κ3) is 71.9. The molecule has 0 aromatic rings. The molecule has 0 saturated heterocycles. The first-order chi connectivity index (χ1) is 16.8. The highest BCUT2D eigenvalue weighted by Crippen LogP contribution is 2.11. The van der Waals surface area contributed by atoms with Gasteiger partial charge in [0.15, 0.2) is 0 Å². The highest BCUT2D eigenvalue weighted by atomic mass is 32.1. The minimum Gasteiger partial charge on any atom is -0.361 e. The summed E-state index contributed by atoms with van der Waals surface area (Å²) in [5.74, 6) is 0. The van der Waals surface area contributed by atoms with Crippen LogP contribution >= 0.6 is 25.3 Å².